The van der Waals surface area contributed by atoms with Gasteiger partial charge in [-0.05, 0) is 51.0 Å². The molecule has 17 nitrogen and oxygen atoms in total. The maximum atomic E-state index is 13.8. The molecule has 0 saturated carbocycles. The topological polar surface area (TPSA) is 227 Å². The van der Waals surface area contributed by atoms with Crippen LogP contribution in [0.3, 0.4) is 0 Å². The fourth-order valence-electron chi connectivity index (χ4n) is 5.70. The number of β-lactam (4-membered cyclic amide) rings is 1. The predicted molar refractivity (Wildman–Crippen MR) is 197 cm³/mol. The second kappa shape index (κ2) is 17.7. The summed E-state index contributed by atoms with van der Waals surface area (Å²) >= 11 is 1.57. The van der Waals surface area contributed by atoms with Gasteiger partial charge in [-0.2, -0.15) is 0 Å². The van der Waals surface area contributed by atoms with Crippen molar-refractivity contribution in [3.63, 3.8) is 0 Å². The van der Waals surface area contributed by atoms with Gasteiger partial charge in [-0.3, -0.25) is 38.4 Å². The molecule has 19 heteroatoms. The third-order valence-corrected chi connectivity index (χ3v) is 9.99. The molecule has 290 valence electrons. The number of esters is 3. The number of nitrogens with zero attached hydrogens (tertiary/aromatic N) is 2. The molecule has 2 saturated heterocycles. The molecule has 0 bridgehead atoms. The lowest BCUT2D eigenvalue weighted by atomic mass is 10.1. The molecule has 4 rings (SSSR count). The maximum Gasteiger partial charge on any atom is 0.308 e. The SMILES string of the molecule is CC(=O)Oc1cccc(C(=O)NCCCCN(CC(=O)N[C@H](P)C(=O)N[C@@H]2C(=O)N3CC(C)(C)SC23)C(=O)c2cccc(O)c2OC(C)=O)c1OC(C)=O. The number of unbranched alkanes of at least 4 members (excludes halogenated alkanes) is 1. The lowest BCUT2D eigenvalue weighted by Crippen LogP contribution is -2.68. The first-order valence-electron chi connectivity index (χ1n) is 16.8. The molecule has 0 radical (unpaired) electrons. The first-order valence-corrected chi connectivity index (χ1v) is 18.3. The fraction of sp³-hybridized carbons (Fsp3) is 0.429. The molecule has 54 heavy (non-hydrogen) atoms. The summed E-state index contributed by atoms with van der Waals surface area (Å²) in [4.78, 5) is 103. The predicted octanol–water partition coefficient (Wildman–Crippen LogP) is 1.32. The number of aromatic hydroxyl groups is 1. The smallest absolute Gasteiger partial charge is 0.308 e. The molecule has 2 aliphatic heterocycles. The van der Waals surface area contributed by atoms with Gasteiger partial charge in [0.15, 0.2) is 23.0 Å². The average molecular weight is 788 g/mol. The van der Waals surface area contributed by atoms with Crippen LogP contribution in [0, 0.1) is 0 Å². The van der Waals surface area contributed by atoms with E-state index in [9.17, 15) is 43.5 Å². The Balaban J connectivity index is 1.41. The second-order valence-electron chi connectivity index (χ2n) is 13.0. The zero-order valence-electron chi connectivity index (χ0n) is 30.3. The van der Waals surface area contributed by atoms with Crippen LogP contribution in [0.4, 0.5) is 0 Å². The zero-order chi connectivity index (χ0) is 39.9. The van der Waals surface area contributed by atoms with Crippen LogP contribution in [0.5, 0.6) is 23.0 Å². The number of thioether (sulfide) groups is 1. The summed E-state index contributed by atoms with van der Waals surface area (Å²) in [5.74, 6) is -7.61. The number of hydrogen-bond donors (Lipinski definition) is 4. The highest BCUT2D eigenvalue weighted by molar-refractivity contribution is 8.01. The molecule has 5 amide bonds. The van der Waals surface area contributed by atoms with Crippen molar-refractivity contribution in [1.82, 2.24) is 25.8 Å². The van der Waals surface area contributed by atoms with Gasteiger partial charge in [0.1, 0.15) is 17.2 Å². The molecular weight excluding hydrogens is 745 g/mol. The summed E-state index contributed by atoms with van der Waals surface area (Å²) in [5.41, 5.74) is -0.276. The zero-order valence-corrected chi connectivity index (χ0v) is 32.2. The molecule has 2 heterocycles. The van der Waals surface area contributed by atoms with Crippen molar-refractivity contribution in [1.29, 1.82) is 0 Å². The molecule has 4 atom stereocenters. The van der Waals surface area contributed by atoms with Crippen LogP contribution in [-0.4, -0.2) is 110 Å². The molecular formula is C35H42N5O12PS. The first-order chi connectivity index (χ1) is 25.4. The summed E-state index contributed by atoms with van der Waals surface area (Å²) in [5, 5.41) is 18.0. The minimum Gasteiger partial charge on any atom is -0.504 e. The number of hydrogen-bond acceptors (Lipinski definition) is 13. The van der Waals surface area contributed by atoms with Gasteiger partial charge >= 0.3 is 17.9 Å². The van der Waals surface area contributed by atoms with Crippen molar-refractivity contribution in [3.8, 4) is 23.0 Å². The van der Waals surface area contributed by atoms with E-state index in [1.165, 1.54) is 36.4 Å². The van der Waals surface area contributed by atoms with E-state index in [-0.39, 0.29) is 64.6 Å². The van der Waals surface area contributed by atoms with Gasteiger partial charge < -0.3 is 45.1 Å². The third kappa shape index (κ3) is 10.5. The Labute approximate surface area is 317 Å². The van der Waals surface area contributed by atoms with Gasteiger partial charge in [-0.1, -0.05) is 12.1 Å². The van der Waals surface area contributed by atoms with Crippen LogP contribution in [0.15, 0.2) is 36.4 Å². The van der Waals surface area contributed by atoms with Crippen LogP contribution in [0.25, 0.3) is 0 Å². The molecule has 2 aromatic carbocycles. The summed E-state index contributed by atoms with van der Waals surface area (Å²) in [7, 11) is 2.20. The lowest BCUT2D eigenvalue weighted by molar-refractivity contribution is -0.148. The number of nitrogens with one attached hydrogen (secondary N) is 3. The largest absolute Gasteiger partial charge is 0.504 e. The Morgan fingerprint density at radius 3 is 2.24 bits per heavy atom. The van der Waals surface area contributed by atoms with Gasteiger partial charge in [0.05, 0.1) is 17.7 Å². The number of carbonyl (C=O) groups is 8. The average Bonchev–Trinajstić information content (AvgIpc) is 3.38. The number of ether oxygens (including phenoxy) is 3. The Morgan fingerprint density at radius 2 is 1.57 bits per heavy atom. The summed E-state index contributed by atoms with van der Waals surface area (Å²) in [6.45, 7) is 7.38. The molecule has 2 unspecified atom stereocenters. The van der Waals surface area contributed by atoms with E-state index in [2.05, 4.69) is 25.2 Å². The van der Waals surface area contributed by atoms with Crippen LogP contribution >= 0.6 is 21.0 Å². The number of carbonyl (C=O) groups excluding carboxylic acids is 8. The molecule has 0 spiro atoms. The molecule has 0 aliphatic carbocycles. The monoisotopic (exact) mass is 787 g/mol. The third-order valence-electron chi connectivity index (χ3n) is 7.98. The number of rotatable bonds is 15. The number of benzene rings is 2. The van der Waals surface area contributed by atoms with Crippen molar-refractivity contribution in [2.24, 2.45) is 0 Å². The normalized spacial score (nSPS) is 17.2. The van der Waals surface area contributed by atoms with Crippen LogP contribution < -0.4 is 30.2 Å². The molecule has 4 N–H and O–H groups in total. The minimum absolute atomic E-state index is 0.0628. The number of para-hydroxylation sites is 2. The maximum absolute atomic E-state index is 13.8. The number of phenolic OH excluding ortho intramolecular Hbond substituents is 1. The quantitative estimate of drug-likeness (QED) is 0.0658. The van der Waals surface area contributed by atoms with Crippen LogP contribution in [0.1, 0.15) is 68.2 Å². The number of phenols is 1. The lowest BCUT2D eigenvalue weighted by Gasteiger charge is -2.42. The van der Waals surface area contributed by atoms with E-state index < -0.39 is 71.4 Å². The van der Waals surface area contributed by atoms with E-state index in [0.29, 0.717) is 6.54 Å². The summed E-state index contributed by atoms with van der Waals surface area (Å²) in [6.07, 6.45) is 0.503. The van der Waals surface area contributed by atoms with Gasteiger partial charge in [0.2, 0.25) is 17.7 Å². The van der Waals surface area contributed by atoms with Gasteiger partial charge in [-0.15, -0.1) is 21.0 Å². The molecule has 2 fully saturated rings. The van der Waals surface area contributed by atoms with Crippen LogP contribution in [0.2, 0.25) is 0 Å². The minimum atomic E-state index is -1.15. The molecule has 0 aromatic heterocycles. The summed E-state index contributed by atoms with van der Waals surface area (Å²) < 4.78 is 15.2. The first kappa shape index (κ1) is 41.5. The van der Waals surface area contributed by atoms with Crippen molar-refractivity contribution in [3.05, 3.63) is 47.5 Å². The Kier molecular flexibility index (Phi) is 13.6. The van der Waals surface area contributed by atoms with E-state index >= 15 is 0 Å². The molecule has 2 aromatic rings. The highest BCUT2D eigenvalue weighted by Gasteiger charge is 2.56. The van der Waals surface area contributed by atoms with Crippen molar-refractivity contribution < 1.29 is 57.7 Å². The van der Waals surface area contributed by atoms with E-state index in [0.717, 1.165) is 25.7 Å². The van der Waals surface area contributed by atoms with E-state index in [4.69, 9.17) is 14.2 Å². The molecule has 2 aliphatic rings. The van der Waals surface area contributed by atoms with E-state index in [1.807, 2.05) is 13.8 Å². The van der Waals surface area contributed by atoms with Crippen LogP contribution in [-0.2, 0) is 28.8 Å². The van der Waals surface area contributed by atoms with Crippen molar-refractivity contribution in [2.45, 2.75) is 69.4 Å². The van der Waals surface area contributed by atoms with E-state index in [1.54, 1.807) is 16.7 Å². The second-order valence-corrected chi connectivity index (χ2v) is 15.5. The number of fused-ring (bicyclic) bond motifs is 1. The van der Waals surface area contributed by atoms with Gasteiger partial charge in [0.25, 0.3) is 11.8 Å². The van der Waals surface area contributed by atoms with Gasteiger partial charge in [0, 0.05) is 45.2 Å². The Bertz CT molecular complexity index is 1860. The fourth-order valence-corrected chi connectivity index (χ4v) is 7.48. The highest BCUT2D eigenvalue weighted by atomic mass is 32.2. The highest BCUT2D eigenvalue weighted by Crippen LogP contribution is 2.46. The van der Waals surface area contributed by atoms with Crippen molar-refractivity contribution >= 4 is 68.4 Å². The standard InChI is InChI=1S/C35H42N5O12PS/c1-18(41)50-24-13-9-10-21(28(24)52-20(3)43)29(46)36-14-6-7-15-39(32(48)22-11-8-12-23(44)27(22)51-19(2)42)16-25(45)37-31(53)30(47)38-26-33(49)40-17-35(4,5)54-34(26)40/h8-13,26,31,34,44H,6-7,14-17,53H2,1-5H3,(H,36,46)(H,37,45)(H,38,47)/t26-,31-,34?/m1/s1. The number of amides is 5. The van der Waals surface area contributed by atoms with Gasteiger partial charge in [-0.25, -0.2) is 0 Å². The summed E-state index contributed by atoms with van der Waals surface area (Å²) in [6, 6.07) is 7.34. The van der Waals surface area contributed by atoms with Crippen molar-refractivity contribution in [2.75, 3.05) is 26.2 Å². The Hall–Kier alpha value is -5.22. The Morgan fingerprint density at radius 1 is 0.944 bits per heavy atom.